The van der Waals surface area contributed by atoms with Crippen LogP contribution in [0.15, 0.2) is 5.16 Å². The first-order chi connectivity index (χ1) is 8.86. The smallest absolute Gasteiger partial charge is 0.209 e. The zero-order chi connectivity index (χ0) is 12.4. The third-order valence-electron chi connectivity index (χ3n) is 3.69. The van der Waals surface area contributed by atoms with Gasteiger partial charge in [-0.2, -0.15) is 0 Å². The molecular weight excluding hydrogens is 246 g/mol. The van der Waals surface area contributed by atoms with Crippen LogP contribution in [0.4, 0.5) is 0 Å². The van der Waals surface area contributed by atoms with Crippen LogP contribution in [-0.2, 0) is 0 Å². The van der Waals surface area contributed by atoms with Crippen molar-refractivity contribution >= 4 is 11.8 Å². The molecule has 2 aliphatic rings. The molecule has 1 heterocycles. The van der Waals surface area contributed by atoms with Crippen molar-refractivity contribution < 1.29 is 0 Å². The van der Waals surface area contributed by atoms with Crippen molar-refractivity contribution in [2.24, 2.45) is 0 Å². The minimum atomic E-state index is 0.581. The number of thioether (sulfide) groups is 1. The molecule has 2 fully saturated rings. The molecule has 0 aliphatic heterocycles. The third kappa shape index (κ3) is 2.85. The second-order valence-corrected chi connectivity index (χ2v) is 6.61. The molecule has 1 aromatic heterocycles. The maximum Gasteiger partial charge on any atom is 0.209 e. The van der Waals surface area contributed by atoms with Gasteiger partial charge in [0.2, 0.25) is 5.16 Å². The molecule has 0 aromatic carbocycles. The van der Waals surface area contributed by atoms with Gasteiger partial charge in [-0.25, -0.2) is 4.68 Å². The van der Waals surface area contributed by atoms with Gasteiger partial charge < -0.3 is 5.32 Å². The molecule has 2 aliphatic carbocycles. The lowest BCUT2D eigenvalue weighted by molar-refractivity contribution is 0.524. The average molecular weight is 267 g/mol. The fraction of sp³-hybridized carbons (Fsp3) is 0.917. The van der Waals surface area contributed by atoms with Crippen LogP contribution in [0.3, 0.4) is 0 Å². The molecule has 0 spiro atoms. The van der Waals surface area contributed by atoms with Crippen molar-refractivity contribution in [3.63, 3.8) is 0 Å². The summed E-state index contributed by atoms with van der Waals surface area (Å²) < 4.78 is 2.03. The van der Waals surface area contributed by atoms with E-state index in [0.29, 0.717) is 17.3 Å². The van der Waals surface area contributed by atoms with Crippen LogP contribution in [0, 0.1) is 0 Å². The Labute approximate surface area is 112 Å². The highest BCUT2D eigenvalue weighted by molar-refractivity contribution is 7.99. The van der Waals surface area contributed by atoms with Gasteiger partial charge in [0.05, 0.1) is 6.04 Å². The van der Waals surface area contributed by atoms with Crippen molar-refractivity contribution in [2.75, 3.05) is 6.54 Å². The fourth-order valence-electron chi connectivity index (χ4n) is 2.54. The Hall–Kier alpha value is -0.620. The summed E-state index contributed by atoms with van der Waals surface area (Å²) in [5.74, 6) is 0. The Kier molecular flexibility index (Phi) is 3.84. The quantitative estimate of drug-likeness (QED) is 0.854. The normalized spacial score (nSPS) is 27.8. The molecule has 3 rings (SSSR count). The molecule has 2 unspecified atom stereocenters. The maximum atomic E-state index is 4.17. The molecule has 0 bridgehead atoms. The molecular formula is C12H21N5S. The van der Waals surface area contributed by atoms with E-state index in [1.807, 2.05) is 16.4 Å². The Morgan fingerprint density at radius 1 is 1.33 bits per heavy atom. The third-order valence-corrected chi connectivity index (χ3v) is 4.94. The van der Waals surface area contributed by atoms with E-state index in [9.17, 15) is 0 Å². The lowest BCUT2D eigenvalue weighted by atomic mass is 10.2. The summed E-state index contributed by atoms with van der Waals surface area (Å²) in [7, 11) is 0. The van der Waals surface area contributed by atoms with Crippen molar-refractivity contribution in [1.82, 2.24) is 25.5 Å². The number of nitrogens with one attached hydrogen (secondary N) is 1. The summed E-state index contributed by atoms with van der Waals surface area (Å²) in [5.41, 5.74) is 0. The van der Waals surface area contributed by atoms with Crippen LogP contribution < -0.4 is 5.32 Å². The minimum absolute atomic E-state index is 0.581. The lowest BCUT2D eigenvalue weighted by Crippen LogP contribution is -2.27. The van der Waals surface area contributed by atoms with Crippen molar-refractivity contribution in [3.05, 3.63) is 0 Å². The maximum absolute atomic E-state index is 4.17. The van der Waals surface area contributed by atoms with E-state index in [-0.39, 0.29) is 0 Å². The molecule has 2 saturated carbocycles. The summed E-state index contributed by atoms with van der Waals surface area (Å²) in [4.78, 5) is 0. The van der Waals surface area contributed by atoms with E-state index in [4.69, 9.17) is 0 Å². The second kappa shape index (κ2) is 5.57. The zero-order valence-corrected chi connectivity index (χ0v) is 11.7. The molecule has 0 amide bonds. The monoisotopic (exact) mass is 267 g/mol. The van der Waals surface area contributed by atoms with E-state index < -0.39 is 0 Å². The second-order valence-electron chi connectivity index (χ2n) is 5.34. The predicted octanol–water partition coefficient (Wildman–Crippen LogP) is 2.02. The van der Waals surface area contributed by atoms with Gasteiger partial charge in [-0.15, -0.1) is 5.10 Å². The van der Waals surface area contributed by atoms with Crippen LogP contribution in [-0.4, -0.2) is 38.0 Å². The number of hydrogen-bond acceptors (Lipinski definition) is 5. The van der Waals surface area contributed by atoms with Crippen molar-refractivity contribution in [3.8, 4) is 0 Å². The van der Waals surface area contributed by atoms with Crippen molar-refractivity contribution in [2.45, 2.75) is 67.9 Å². The number of hydrogen-bond donors (Lipinski definition) is 1. The topological polar surface area (TPSA) is 55.6 Å². The molecule has 100 valence electrons. The largest absolute Gasteiger partial charge is 0.314 e. The van der Waals surface area contributed by atoms with Gasteiger partial charge in [-0.1, -0.05) is 18.7 Å². The lowest BCUT2D eigenvalue weighted by Gasteiger charge is -2.12. The molecule has 0 radical (unpaired) electrons. The summed E-state index contributed by atoms with van der Waals surface area (Å²) in [6, 6.07) is 1.28. The molecule has 0 saturated heterocycles. The Morgan fingerprint density at radius 3 is 3.00 bits per heavy atom. The molecule has 18 heavy (non-hydrogen) atoms. The molecule has 1 N–H and O–H groups in total. The van der Waals surface area contributed by atoms with E-state index >= 15 is 0 Å². The van der Waals surface area contributed by atoms with Crippen LogP contribution >= 0.6 is 11.8 Å². The summed E-state index contributed by atoms with van der Waals surface area (Å²) in [5, 5.41) is 17.4. The van der Waals surface area contributed by atoms with Gasteiger partial charge >= 0.3 is 0 Å². The van der Waals surface area contributed by atoms with Gasteiger partial charge in [-0.3, -0.25) is 0 Å². The summed E-state index contributed by atoms with van der Waals surface area (Å²) >= 11 is 1.88. The van der Waals surface area contributed by atoms with Gasteiger partial charge in [-0.05, 0) is 55.5 Å². The van der Waals surface area contributed by atoms with Crippen LogP contribution in [0.1, 0.15) is 51.5 Å². The first kappa shape index (κ1) is 12.4. The SMILES string of the molecule is CCCNC1CCC(Sc2nnnn2C2CC2)C1. The van der Waals surface area contributed by atoms with Gasteiger partial charge in [0.15, 0.2) is 0 Å². The number of tetrazole rings is 1. The van der Waals surface area contributed by atoms with Gasteiger partial charge in [0, 0.05) is 11.3 Å². The van der Waals surface area contributed by atoms with E-state index in [1.54, 1.807) is 0 Å². The Bertz CT molecular complexity index is 390. The van der Waals surface area contributed by atoms with E-state index in [1.165, 1.54) is 38.5 Å². The molecule has 5 nitrogen and oxygen atoms in total. The first-order valence-electron chi connectivity index (χ1n) is 7.04. The Morgan fingerprint density at radius 2 is 2.22 bits per heavy atom. The van der Waals surface area contributed by atoms with E-state index in [0.717, 1.165) is 11.7 Å². The average Bonchev–Trinajstić information content (AvgIpc) is 2.96. The van der Waals surface area contributed by atoms with Gasteiger partial charge in [0.25, 0.3) is 0 Å². The number of rotatable bonds is 6. The summed E-state index contributed by atoms with van der Waals surface area (Å²) in [6.07, 6.45) is 7.52. The van der Waals surface area contributed by atoms with Crippen molar-refractivity contribution in [1.29, 1.82) is 0 Å². The van der Waals surface area contributed by atoms with Crippen LogP contribution in [0.25, 0.3) is 0 Å². The molecule has 2 atom stereocenters. The zero-order valence-electron chi connectivity index (χ0n) is 10.9. The number of nitrogens with zero attached hydrogens (tertiary/aromatic N) is 4. The highest BCUT2D eigenvalue weighted by Gasteiger charge is 2.31. The standard InChI is InChI=1S/C12H21N5S/c1-2-7-13-9-3-6-11(8-9)18-12-14-15-16-17(12)10-4-5-10/h9-11,13H,2-8H2,1H3. The summed E-state index contributed by atoms with van der Waals surface area (Å²) in [6.45, 7) is 3.36. The predicted molar refractivity (Wildman–Crippen MR) is 71.7 cm³/mol. The van der Waals surface area contributed by atoms with Crippen LogP contribution in [0.5, 0.6) is 0 Å². The minimum Gasteiger partial charge on any atom is -0.314 e. The highest BCUT2D eigenvalue weighted by Crippen LogP contribution is 2.39. The van der Waals surface area contributed by atoms with Gasteiger partial charge in [0.1, 0.15) is 0 Å². The first-order valence-corrected chi connectivity index (χ1v) is 7.92. The molecule has 6 heteroatoms. The fourth-order valence-corrected chi connectivity index (χ4v) is 3.80. The van der Waals surface area contributed by atoms with E-state index in [2.05, 4.69) is 27.8 Å². The Balaban J connectivity index is 1.52. The number of aromatic nitrogens is 4. The molecule has 1 aromatic rings. The highest BCUT2D eigenvalue weighted by atomic mass is 32.2. The van der Waals surface area contributed by atoms with Crippen LogP contribution in [0.2, 0.25) is 0 Å².